The molecule has 2 N–H and O–H groups in total. The maximum atomic E-state index is 12.6. The number of halogens is 1. The molecule has 1 heterocycles. The molecule has 15 heavy (non-hydrogen) atoms. The zero-order valence-electron chi connectivity index (χ0n) is 7.59. The van der Waals surface area contributed by atoms with E-state index in [0.29, 0.717) is 0 Å². The van der Waals surface area contributed by atoms with Gasteiger partial charge in [-0.2, -0.15) is 0 Å². The first-order valence-electron chi connectivity index (χ1n) is 4.02. The highest BCUT2D eigenvalue weighted by Crippen LogP contribution is 2.10. The van der Waals surface area contributed by atoms with Gasteiger partial charge in [0.1, 0.15) is 5.82 Å². The van der Waals surface area contributed by atoms with E-state index in [-0.39, 0.29) is 5.82 Å². The summed E-state index contributed by atoms with van der Waals surface area (Å²) in [5.41, 5.74) is 0.828. The van der Waals surface area contributed by atoms with Gasteiger partial charge in [-0.05, 0) is 12.1 Å². The largest absolute Gasteiger partial charge is 0.326 e. The lowest BCUT2D eigenvalue weighted by molar-refractivity contribution is 0.405. The summed E-state index contributed by atoms with van der Waals surface area (Å²) in [7, 11) is -3.13. The normalized spacial score (nSPS) is 9.87. The van der Waals surface area contributed by atoms with Gasteiger partial charge < -0.3 is 9.79 Å². The van der Waals surface area contributed by atoms with Crippen molar-refractivity contribution in [1.29, 1.82) is 0 Å². The van der Waals surface area contributed by atoms with Crippen LogP contribution in [0.5, 0.6) is 0 Å². The second-order valence-corrected chi connectivity index (χ2v) is 3.19. The first-order valence-corrected chi connectivity index (χ1v) is 5.32. The number of benzene rings is 1. The van der Waals surface area contributed by atoms with Crippen molar-refractivity contribution < 1.29 is 18.7 Å². The number of hydrogen-bond acceptors (Lipinski definition) is 2. The lowest BCUT2D eigenvalue weighted by Crippen LogP contribution is -1.79. The molecule has 0 atom stereocenters. The molecule has 2 aromatic rings. The van der Waals surface area contributed by atoms with Crippen molar-refractivity contribution in [1.82, 2.24) is 4.98 Å². The molecular formula is C9H9FNO3P. The van der Waals surface area contributed by atoms with Gasteiger partial charge in [0.2, 0.25) is 0 Å². The Balaban J connectivity index is 0.000000245. The van der Waals surface area contributed by atoms with Gasteiger partial charge in [0, 0.05) is 5.39 Å². The average Bonchev–Trinajstić information content (AvgIpc) is 2.16. The first kappa shape index (κ1) is 11.8. The molecule has 0 bridgehead atoms. The Hall–Kier alpha value is -1.29. The van der Waals surface area contributed by atoms with Crippen molar-refractivity contribution in [2.45, 2.75) is 0 Å². The van der Waals surface area contributed by atoms with E-state index in [1.54, 1.807) is 0 Å². The molecule has 4 nitrogen and oxygen atoms in total. The molecule has 80 valence electrons. The first-order chi connectivity index (χ1) is 7.09. The predicted octanol–water partition coefficient (Wildman–Crippen LogP) is 1.73. The summed E-state index contributed by atoms with van der Waals surface area (Å²) in [5, 5.41) is 0.840. The zero-order valence-corrected chi connectivity index (χ0v) is 8.59. The van der Waals surface area contributed by atoms with Crippen molar-refractivity contribution in [3.05, 3.63) is 42.3 Å². The highest BCUT2D eigenvalue weighted by atomic mass is 31.1. The molecule has 2 rings (SSSR count). The van der Waals surface area contributed by atoms with Crippen LogP contribution in [0.25, 0.3) is 10.9 Å². The van der Waals surface area contributed by atoms with E-state index in [4.69, 9.17) is 14.4 Å². The molecule has 0 fully saturated rings. The lowest BCUT2D eigenvalue weighted by Gasteiger charge is -1.93. The van der Waals surface area contributed by atoms with E-state index in [0.717, 1.165) is 10.9 Å². The third-order valence-corrected chi connectivity index (χ3v) is 1.56. The predicted molar refractivity (Wildman–Crippen MR) is 55.1 cm³/mol. The highest BCUT2D eigenvalue weighted by molar-refractivity contribution is 7.30. The van der Waals surface area contributed by atoms with Crippen LogP contribution in [0.3, 0.4) is 0 Å². The van der Waals surface area contributed by atoms with Crippen LogP contribution in [-0.2, 0) is 4.57 Å². The van der Waals surface area contributed by atoms with Crippen LogP contribution in [0.1, 0.15) is 0 Å². The monoisotopic (exact) mass is 229 g/mol. The molecule has 0 spiro atoms. The quantitative estimate of drug-likeness (QED) is 0.675. The summed E-state index contributed by atoms with van der Waals surface area (Å²) >= 11 is 0. The van der Waals surface area contributed by atoms with Gasteiger partial charge in [-0.25, -0.2) is 4.39 Å². The summed E-state index contributed by atoms with van der Waals surface area (Å²) in [6.45, 7) is 0. The fourth-order valence-electron chi connectivity index (χ4n) is 1.04. The molecule has 1 aromatic heterocycles. The van der Waals surface area contributed by atoms with Crippen LogP contribution in [0.2, 0.25) is 0 Å². The minimum Gasteiger partial charge on any atom is -0.326 e. The van der Waals surface area contributed by atoms with E-state index in [2.05, 4.69) is 4.98 Å². The van der Waals surface area contributed by atoms with Gasteiger partial charge in [0.15, 0.2) is 0 Å². The summed E-state index contributed by atoms with van der Waals surface area (Å²) in [6, 6.07) is 8.92. The number of hydrogen-bond donors (Lipinski definition) is 2. The topological polar surface area (TPSA) is 70.4 Å². The Morgan fingerprint density at radius 1 is 1.27 bits per heavy atom. The second-order valence-electron chi connectivity index (χ2n) is 2.63. The molecule has 0 amide bonds. The summed E-state index contributed by atoms with van der Waals surface area (Å²) in [6.07, 6.45) is 1.22. The summed E-state index contributed by atoms with van der Waals surface area (Å²) in [4.78, 5) is 18.2. The Morgan fingerprint density at radius 2 is 1.87 bits per heavy atom. The van der Waals surface area contributed by atoms with Crippen LogP contribution in [0.15, 0.2) is 36.5 Å². The third-order valence-electron chi connectivity index (χ3n) is 1.56. The highest BCUT2D eigenvalue weighted by Gasteiger charge is 1.93. The minimum absolute atomic E-state index is 0.288. The molecule has 1 aromatic carbocycles. The van der Waals surface area contributed by atoms with Gasteiger partial charge in [0.05, 0.1) is 11.7 Å². The maximum absolute atomic E-state index is 12.6. The van der Waals surface area contributed by atoms with Crippen molar-refractivity contribution in [3.63, 3.8) is 0 Å². The van der Waals surface area contributed by atoms with Gasteiger partial charge >= 0.3 is 8.25 Å². The SMILES string of the molecule is Fc1cnc2ccccc2c1.O=[PH](O)O. The molecule has 0 aliphatic carbocycles. The number of nitrogens with zero attached hydrogens (tertiary/aromatic N) is 1. The van der Waals surface area contributed by atoms with Crippen LogP contribution < -0.4 is 0 Å². The number of pyridine rings is 1. The zero-order chi connectivity index (χ0) is 11.3. The minimum atomic E-state index is -3.13. The number of rotatable bonds is 0. The molecule has 0 aliphatic heterocycles. The molecule has 0 saturated carbocycles. The van der Waals surface area contributed by atoms with E-state index >= 15 is 0 Å². The van der Waals surface area contributed by atoms with Crippen molar-refractivity contribution in [2.75, 3.05) is 0 Å². The lowest BCUT2D eigenvalue weighted by atomic mass is 10.2. The van der Waals surface area contributed by atoms with Gasteiger partial charge in [0.25, 0.3) is 0 Å². The Bertz CT molecular complexity index is 474. The van der Waals surface area contributed by atoms with E-state index < -0.39 is 8.25 Å². The van der Waals surface area contributed by atoms with Crippen LogP contribution in [-0.4, -0.2) is 14.8 Å². The van der Waals surface area contributed by atoms with E-state index in [9.17, 15) is 4.39 Å². The number of para-hydroxylation sites is 1. The second kappa shape index (κ2) is 5.56. The molecule has 0 radical (unpaired) electrons. The van der Waals surface area contributed by atoms with Gasteiger partial charge in [-0.1, -0.05) is 18.2 Å². The van der Waals surface area contributed by atoms with Gasteiger partial charge in [-0.3, -0.25) is 9.55 Å². The Morgan fingerprint density at radius 3 is 2.53 bits per heavy atom. The van der Waals surface area contributed by atoms with E-state index in [1.165, 1.54) is 12.3 Å². The van der Waals surface area contributed by atoms with Crippen LogP contribution >= 0.6 is 8.25 Å². The Labute approximate surface area is 86.0 Å². The average molecular weight is 229 g/mol. The van der Waals surface area contributed by atoms with Crippen molar-refractivity contribution in [2.24, 2.45) is 0 Å². The smallest absolute Gasteiger partial charge is 0.314 e. The molecule has 0 unspecified atom stereocenters. The molecule has 0 saturated heterocycles. The Kier molecular flexibility index (Phi) is 4.37. The van der Waals surface area contributed by atoms with Gasteiger partial charge in [-0.15, -0.1) is 0 Å². The van der Waals surface area contributed by atoms with Crippen LogP contribution in [0, 0.1) is 5.82 Å². The van der Waals surface area contributed by atoms with Crippen LogP contribution in [0.4, 0.5) is 4.39 Å². The maximum Gasteiger partial charge on any atom is 0.314 e. The molecule has 0 aliphatic rings. The summed E-state index contributed by atoms with van der Waals surface area (Å²) < 4.78 is 21.3. The molecule has 6 heteroatoms. The van der Waals surface area contributed by atoms with Crippen molar-refractivity contribution >= 4 is 19.2 Å². The molecular weight excluding hydrogens is 220 g/mol. The third kappa shape index (κ3) is 4.16. The number of aromatic nitrogens is 1. The standard InChI is InChI=1S/C9H6FN.H3O3P/c10-8-5-7-3-1-2-4-9(7)11-6-8;1-4(2)3/h1-6H;4H,(H2,1,2,3). The fourth-order valence-corrected chi connectivity index (χ4v) is 1.04. The van der Waals surface area contributed by atoms with E-state index in [1.807, 2.05) is 24.3 Å². The number of fused-ring (bicyclic) bond motifs is 1. The summed E-state index contributed by atoms with van der Waals surface area (Å²) in [5.74, 6) is -0.288. The van der Waals surface area contributed by atoms with Crippen molar-refractivity contribution in [3.8, 4) is 0 Å². The fraction of sp³-hybridized carbons (Fsp3) is 0.